The van der Waals surface area contributed by atoms with Gasteiger partial charge in [0.15, 0.2) is 0 Å². The van der Waals surface area contributed by atoms with Crippen LogP contribution in [0.3, 0.4) is 0 Å². The number of hydrogen-bond donors (Lipinski definition) is 0. The van der Waals surface area contributed by atoms with Crippen molar-refractivity contribution in [2.24, 2.45) is 70.5 Å². The van der Waals surface area contributed by atoms with Crippen molar-refractivity contribution in [1.82, 2.24) is 0 Å². The summed E-state index contributed by atoms with van der Waals surface area (Å²) in [5, 5.41) is 0. The van der Waals surface area contributed by atoms with E-state index < -0.39 is 10.1 Å². The third kappa shape index (κ3) is 1.13. The van der Waals surface area contributed by atoms with Gasteiger partial charge in [-0.3, -0.25) is 4.18 Å². The lowest BCUT2D eigenvalue weighted by Crippen LogP contribution is -2.40. The lowest BCUT2D eigenvalue weighted by atomic mass is 9.68. The Morgan fingerprint density at radius 3 is 2.35 bits per heavy atom. The summed E-state index contributed by atoms with van der Waals surface area (Å²) in [5.74, 6) is 10.2. The molecule has 0 aliphatic heterocycles. The van der Waals surface area contributed by atoms with Gasteiger partial charge in [-0.05, 0) is 97.0 Å². The van der Waals surface area contributed by atoms with Gasteiger partial charge in [0.25, 0.3) is 10.1 Å². The third-order valence-electron chi connectivity index (χ3n) is 10.7. The molecule has 0 N–H and O–H groups in total. The zero-order valence-corrected chi connectivity index (χ0v) is 15.7. The van der Waals surface area contributed by atoms with Crippen LogP contribution in [-0.4, -0.2) is 15.0 Å². The topological polar surface area (TPSA) is 43.4 Å². The van der Waals surface area contributed by atoms with Crippen molar-refractivity contribution < 1.29 is 12.6 Å². The summed E-state index contributed by atoms with van der Waals surface area (Å²) in [6.45, 7) is 2.46. The maximum atomic E-state index is 12.9. The smallest absolute Gasteiger partial charge is 0.266 e. The average Bonchev–Trinajstić information content (AvgIpc) is 3.35. The van der Waals surface area contributed by atoms with E-state index in [9.17, 15) is 8.42 Å². The lowest BCUT2D eigenvalue weighted by molar-refractivity contribution is 0.0330. The molecule has 0 radical (unpaired) electrons. The highest BCUT2D eigenvalue weighted by atomic mass is 32.2. The Morgan fingerprint density at radius 2 is 1.58 bits per heavy atom. The Balaban J connectivity index is 1.20. The Morgan fingerprint density at radius 1 is 0.923 bits per heavy atom. The largest absolute Gasteiger partial charge is 0.296 e. The molecule has 3 nitrogen and oxygen atoms in total. The molecule has 1 aromatic carbocycles. The van der Waals surface area contributed by atoms with Gasteiger partial charge in [-0.2, -0.15) is 8.42 Å². The quantitative estimate of drug-likeness (QED) is 0.766. The molecule has 26 heavy (non-hydrogen) atoms. The fraction of sp³-hybridized carbons (Fsp3) is 0.727. The second-order valence-electron chi connectivity index (χ2n) is 10.6. The van der Waals surface area contributed by atoms with E-state index in [1.54, 1.807) is 12.1 Å². The van der Waals surface area contributed by atoms with E-state index in [0.717, 1.165) is 70.7 Å². The van der Waals surface area contributed by atoms with E-state index >= 15 is 0 Å². The molecule has 4 bridgehead atoms. The second kappa shape index (κ2) is 3.82. The minimum atomic E-state index is -3.64. The molecular formula is C22H24O3S. The molecule has 0 amide bonds. The summed E-state index contributed by atoms with van der Waals surface area (Å²) in [6.07, 6.45) is 2.87. The first-order valence-electron chi connectivity index (χ1n) is 10.5. The van der Waals surface area contributed by atoms with E-state index in [2.05, 4.69) is 0 Å². The molecule has 0 aromatic heterocycles. The predicted octanol–water partition coefficient (Wildman–Crippen LogP) is 3.34. The highest BCUT2D eigenvalue weighted by Gasteiger charge is 2.93. The summed E-state index contributed by atoms with van der Waals surface area (Å²) in [6, 6.07) is 7.11. The minimum absolute atomic E-state index is 0.226. The second-order valence-corrected chi connectivity index (χ2v) is 12.3. The normalized spacial score (nSPS) is 60.6. The molecular weight excluding hydrogens is 344 g/mol. The average molecular weight is 368 g/mol. The Bertz CT molecular complexity index is 956. The summed E-state index contributed by atoms with van der Waals surface area (Å²) in [7, 11) is -3.64. The van der Waals surface area contributed by atoms with Gasteiger partial charge in [0.1, 0.15) is 0 Å². The van der Waals surface area contributed by atoms with Gasteiger partial charge < -0.3 is 0 Å². The first-order chi connectivity index (χ1) is 12.5. The van der Waals surface area contributed by atoms with Crippen LogP contribution >= 0.6 is 0 Å². The minimum Gasteiger partial charge on any atom is -0.266 e. The Labute approximate surface area is 154 Å². The van der Waals surface area contributed by atoms with E-state index in [4.69, 9.17) is 4.18 Å². The van der Waals surface area contributed by atoms with Crippen molar-refractivity contribution in [1.29, 1.82) is 0 Å². The van der Waals surface area contributed by atoms with E-state index in [1.807, 2.05) is 19.1 Å². The van der Waals surface area contributed by atoms with E-state index in [1.165, 1.54) is 12.8 Å². The zero-order chi connectivity index (χ0) is 17.2. The third-order valence-corrected chi connectivity index (χ3v) is 12.0. The summed E-state index contributed by atoms with van der Waals surface area (Å²) in [5.41, 5.74) is 1.30. The van der Waals surface area contributed by atoms with Gasteiger partial charge in [0.05, 0.1) is 11.5 Å². The Hall–Kier alpha value is -0.870. The van der Waals surface area contributed by atoms with Crippen LogP contribution < -0.4 is 0 Å². The van der Waals surface area contributed by atoms with Crippen molar-refractivity contribution in [2.45, 2.75) is 24.7 Å². The molecule has 8 saturated carbocycles. The lowest BCUT2D eigenvalue weighted by Gasteiger charge is -2.39. The van der Waals surface area contributed by atoms with Gasteiger partial charge in [0, 0.05) is 5.41 Å². The molecule has 8 aliphatic rings. The molecule has 8 fully saturated rings. The summed E-state index contributed by atoms with van der Waals surface area (Å²) in [4.78, 5) is 0.322. The highest BCUT2D eigenvalue weighted by Crippen LogP contribution is 2.96. The van der Waals surface area contributed by atoms with Crippen LogP contribution in [0.25, 0.3) is 0 Å². The van der Waals surface area contributed by atoms with Gasteiger partial charge in [-0.25, -0.2) is 0 Å². The van der Waals surface area contributed by atoms with Crippen LogP contribution in [0, 0.1) is 77.4 Å². The number of rotatable bonds is 4. The van der Waals surface area contributed by atoms with Crippen molar-refractivity contribution in [3.05, 3.63) is 29.8 Å². The fourth-order valence-electron chi connectivity index (χ4n) is 11.1. The monoisotopic (exact) mass is 368 g/mol. The first-order valence-corrected chi connectivity index (χ1v) is 11.9. The molecule has 0 saturated heterocycles. The van der Waals surface area contributed by atoms with Crippen molar-refractivity contribution in [3.63, 3.8) is 0 Å². The van der Waals surface area contributed by atoms with E-state index in [-0.39, 0.29) is 5.41 Å². The van der Waals surface area contributed by atoms with Crippen LogP contribution in [0.15, 0.2) is 29.2 Å². The van der Waals surface area contributed by atoms with Crippen molar-refractivity contribution in [2.75, 3.05) is 6.61 Å². The molecule has 4 heteroatoms. The molecule has 136 valence electrons. The standard InChI is InChI=1S/C22H24O3S/c1-9-2-4-10(5-3-9)26(23,24)25-8-22-14-7-13-16-15-11-6-12(18(15)21(13)22)20(22)17(11)19(14)16/h2-5,11-21H,6-8H2,1H3/t11-,12+,13-,14+,15+,16+,17-,18+,19+,20-,21-,22+/m0/s1. The summed E-state index contributed by atoms with van der Waals surface area (Å²) < 4.78 is 31.6. The summed E-state index contributed by atoms with van der Waals surface area (Å²) >= 11 is 0. The molecule has 12 atom stereocenters. The molecule has 8 aliphatic carbocycles. The van der Waals surface area contributed by atoms with Crippen LogP contribution in [-0.2, 0) is 14.3 Å². The van der Waals surface area contributed by atoms with Gasteiger partial charge >= 0.3 is 0 Å². The zero-order valence-electron chi connectivity index (χ0n) is 14.9. The van der Waals surface area contributed by atoms with Gasteiger partial charge in [0.2, 0.25) is 0 Å². The molecule has 0 spiro atoms. The maximum Gasteiger partial charge on any atom is 0.296 e. The van der Waals surface area contributed by atoms with Crippen LogP contribution in [0.5, 0.6) is 0 Å². The Kier molecular flexibility index (Phi) is 2.08. The van der Waals surface area contributed by atoms with Crippen LogP contribution in [0.2, 0.25) is 0 Å². The molecule has 9 rings (SSSR count). The number of hydrogen-bond acceptors (Lipinski definition) is 3. The predicted molar refractivity (Wildman–Crippen MR) is 94.4 cm³/mol. The maximum absolute atomic E-state index is 12.9. The first kappa shape index (κ1) is 14.2. The fourth-order valence-corrected chi connectivity index (χ4v) is 12.0. The SMILES string of the molecule is Cc1ccc(S(=O)(=O)OC[C@@]23[C@H]4[C@H]5C[C@@H]2[C@@H]2[C@H]5[C@H]5[C@@H]6C[C@H]([C@H]54)[C@H]3[C@@H]62)cc1. The van der Waals surface area contributed by atoms with Crippen LogP contribution in [0.4, 0.5) is 0 Å². The highest BCUT2D eigenvalue weighted by molar-refractivity contribution is 7.86. The number of aryl methyl sites for hydroxylation is 1. The molecule has 1 aromatic rings. The van der Waals surface area contributed by atoms with Gasteiger partial charge in [-0.15, -0.1) is 0 Å². The molecule has 0 unspecified atom stereocenters. The molecule has 0 heterocycles. The number of benzene rings is 1. The van der Waals surface area contributed by atoms with Gasteiger partial charge in [-0.1, -0.05) is 17.7 Å². The van der Waals surface area contributed by atoms with E-state index in [0.29, 0.717) is 11.5 Å². The van der Waals surface area contributed by atoms with Crippen LogP contribution in [0.1, 0.15) is 18.4 Å². The van der Waals surface area contributed by atoms with Crippen molar-refractivity contribution >= 4 is 10.1 Å². The van der Waals surface area contributed by atoms with Crippen molar-refractivity contribution in [3.8, 4) is 0 Å².